The molecule has 0 radical (unpaired) electrons. The van der Waals surface area contributed by atoms with Gasteiger partial charge in [-0.1, -0.05) is 103 Å². The molecule has 0 aromatic rings. The second-order valence-corrected chi connectivity index (χ2v) is 8.28. The molecular weight excluding hydrogens is 320 g/mol. The maximum absolute atomic E-state index is 9.71. The summed E-state index contributed by atoms with van der Waals surface area (Å²) in [5.41, 5.74) is 0. The zero-order chi connectivity index (χ0) is 18.9. The Bertz CT molecular complexity index is 341. The Labute approximate surface area is 163 Å². The zero-order valence-corrected chi connectivity index (χ0v) is 17.9. The Hall–Kier alpha value is -0.410. The maximum atomic E-state index is 9.71. The van der Waals surface area contributed by atoms with Gasteiger partial charge in [0.25, 0.3) is 6.23 Å². The van der Waals surface area contributed by atoms with Crippen LogP contribution in [0.25, 0.3) is 0 Å². The maximum Gasteiger partial charge on any atom is 0.253 e. The minimum Gasteiger partial charge on any atom is -0.337 e. The van der Waals surface area contributed by atoms with Crippen LogP contribution in [0.4, 0.5) is 0 Å². The Morgan fingerprint density at radius 3 is 1.65 bits per heavy atom. The van der Waals surface area contributed by atoms with Crippen molar-refractivity contribution in [2.45, 2.75) is 135 Å². The third kappa shape index (κ3) is 12.1. The minimum absolute atomic E-state index is 0.349. The first-order chi connectivity index (χ1) is 12.8. The van der Waals surface area contributed by atoms with Gasteiger partial charge in [0.2, 0.25) is 6.17 Å². The number of hydrogen-bond donors (Lipinski definition) is 2. The van der Waals surface area contributed by atoms with Gasteiger partial charge in [0, 0.05) is 13.3 Å². The number of hydrogen-bond acceptors (Lipinski definition) is 2. The molecule has 0 saturated heterocycles. The van der Waals surface area contributed by atoms with E-state index in [9.17, 15) is 5.11 Å². The molecule has 1 heterocycles. The monoisotopic (exact) mass is 367 g/mol. The summed E-state index contributed by atoms with van der Waals surface area (Å²) >= 11 is 0. The first kappa shape index (κ1) is 23.6. The predicted molar refractivity (Wildman–Crippen MR) is 114 cm³/mol. The molecule has 0 saturated carbocycles. The van der Waals surface area contributed by atoms with E-state index in [0.717, 1.165) is 13.0 Å². The van der Waals surface area contributed by atoms with Gasteiger partial charge in [-0.25, -0.2) is 5.32 Å². The van der Waals surface area contributed by atoms with E-state index in [1.54, 1.807) is 0 Å². The van der Waals surface area contributed by atoms with E-state index >= 15 is 0 Å². The highest BCUT2D eigenvalue weighted by atomic mass is 16.3. The van der Waals surface area contributed by atoms with E-state index in [0.29, 0.717) is 6.17 Å². The highest BCUT2D eigenvalue weighted by Crippen LogP contribution is 2.15. The number of nitrogens with zero attached hydrogens (tertiary/aromatic N) is 1. The number of aliphatic hydroxyl groups is 1. The molecule has 1 rings (SSSR count). The van der Waals surface area contributed by atoms with E-state index in [1.165, 1.54) is 103 Å². The van der Waals surface area contributed by atoms with Crippen LogP contribution in [-0.2, 0) is 0 Å². The summed E-state index contributed by atoms with van der Waals surface area (Å²) in [7, 11) is 0. The fourth-order valence-corrected chi connectivity index (χ4v) is 4.08. The van der Waals surface area contributed by atoms with Gasteiger partial charge in [-0.15, -0.1) is 0 Å². The number of unbranched alkanes of at least 4 members (excludes halogenated alkanes) is 15. The fraction of sp³-hybridized carbons (Fsp3) is 0.957. The summed E-state index contributed by atoms with van der Waals surface area (Å²) < 4.78 is 2.06. The Balaban J connectivity index is 1.76. The molecule has 0 aromatic heterocycles. The predicted octanol–water partition coefficient (Wildman–Crippen LogP) is 5.99. The summed E-state index contributed by atoms with van der Waals surface area (Å²) in [4.78, 5) is 0. The molecule has 0 aliphatic carbocycles. The largest absolute Gasteiger partial charge is 0.337 e. The highest BCUT2D eigenvalue weighted by Gasteiger charge is 2.27. The van der Waals surface area contributed by atoms with Crippen LogP contribution in [0.2, 0.25) is 0 Å². The molecule has 0 bridgehead atoms. The van der Waals surface area contributed by atoms with Crippen molar-refractivity contribution < 1.29 is 9.68 Å². The van der Waals surface area contributed by atoms with E-state index in [4.69, 9.17) is 0 Å². The van der Waals surface area contributed by atoms with Crippen molar-refractivity contribution >= 4 is 6.21 Å². The van der Waals surface area contributed by atoms with Crippen molar-refractivity contribution in [2.24, 2.45) is 0 Å². The molecule has 0 spiro atoms. The van der Waals surface area contributed by atoms with Gasteiger partial charge < -0.3 is 5.11 Å². The number of nitrogens with one attached hydrogen (secondary N) is 1. The smallest absolute Gasteiger partial charge is 0.253 e. The second kappa shape index (κ2) is 16.7. The van der Waals surface area contributed by atoms with Gasteiger partial charge in [0.15, 0.2) is 6.21 Å². The molecule has 154 valence electrons. The van der Waals surface area contributed by atoms with E-state index < -0.39 is 0 Å². The second-order valence-electron chi connectivity index (χ2n) is 8.28. The molecule has 1 aliphatic heterocycles. The van der Waals surface area contributed by atoms with Crippen molar-refractivity contribution in [3.05, 3.63) is 0 Å². The van der Waals surface area contributed by atoms with Crippen LogP contribution >= 0.6 is 0 Å². The van der Waals surface area contributed by atoms with Gasteiger partial charge in [-0.05, 0) is 6.42 Å². The van der Waals surface area contributed by atoms with Gasteiger partial charge in [-0.2, -0.15) is 4.58 Å². The van der Waals surface area contributed by atoms with Crippen molar-refractivity contribution in [3.63, 3.8) is 0 Å². The molecule has 0 amide bonds. The van der Waals surface area contributed by atoms with Crippen LogP contribution in [0, 0.1) is 0 Å². The van der Waals surface area contributed by atoms with Gasteiger partial charge in [0.05, 0.1) is 6.54 Å². The quantitative estimate of drug-likeness (QED) is 0.230. The third-order valence-corrected chi connectivity index (χ3v) is 5.78. The molecule has 3 nitrogen and oxygen atoms in total. The first-order valence-corrected chi connectivity index (χ1v) is 11.8. The van der Waals surface area contributed by atoms with Gasteiger partial charge in [0.1, 0.15) is 0 Å². The molecular formula is C23H47N2O+. The van der Waals surface area contributed by atoms with Crippen molar-refractivity contribution in [3.8, 4) is 0 Å². The Kier molecular flexibility index (Phi) is 15.2. The van der Waals surface area contributed by atoms with E-state index in [1.807, 2.05) is 6.92 Å². The lowest BCUT2D eigenvalue weighted by Crippen LogP contribution is -2.37. The summed E-state index contributed by atoms with van der Waals surface area (Å²) in [6, 6.07) is 0. The standard InChI is InChI=1S/C23H47N2O/c1-3-4-5-6-7-8-9-10-11-12-13-14-15-16-17-18-19-23-24-20-21-25(23)22(2)26/h21-24,26H,3-20H2,1-2H3/q+1. The molecule has 2 N–H and O–H groups in total. The average molecular weight is 368 g/mol. The van der Waals surface area contributed by atoms with Crippen LogP contribution in [0.1, 0.15) is 123 Å². The lowest BCUT2D eigenvalue weighted by Gasteiger charge is -2.12. The summed E-state index contributed by atoms with van der Waals surface area (Å²) in [5.74, 6) is 0. The topological polar surface area (TPSA) is 35.3 Å². The van der Waals surface area contributed by atoms with Crippen molar-refractivity contribution in [1.29, 1.82) is 0 Å². The lowest BCUT2D eigenvalue weighted by molar-refractivity contribution is -0.630. The highest BCUT2D eigenvalue weighted by molar-refractivity contribution is 5.55. The van der Waals surface area contributed by atoms with Gasteiger partial charge >= 0.3 is 0 Å². The van der Waals surface area contributed by atoms with Crippen LogP contribution in [0.3, 0.4) is 0 Å². The Morgan fingerprint density at radius 1 is 0.808 bits per heavy atom. The molecule has 2 atom stereocenters. The van der Waals surface area contributed by atoms with Crippen molar-refractivity contribution in [2.75, 3.05) is 6.54 Å². The van der Waals surface area contributed by atoms with Crippen molar-refractivity contribution in [1.82, 2.24) is 5.32 Å². The zero-order valence-electron chi connectivity index (χ0n) is 17.9. The fourth-order valence-electron chi connectivity index (χ4n) is 4.08. The molecule has 0 fully saturated rings. The third-order valence-electron chi connectivity index (χ3n) is 5.78. The summed E-state index contributed by atoms with van der Waals surface area (Å²) in [5, 5.41) is 13.2. The summed E-state index contributed by atoms with van der Waals surface area (Å²) in [6.07, 6.45) is 25.9. The van der Waals surface area contributed by atoms with Gasteiger partial charge in [-0.3, -0.25) is 0 Å². The van der Waals surface area contributed by atoms with E-state index in [-0.39, 0.29) is 6.23 Å². The van der Waals surface area contributed by atoms with Crippen LogP contribution < -0.4 is 5.32 Å². The Morgan fingerprint density at radius 2 is 1.23 bits per heavy atom. The number of rotatable bonds is 18. The minimum atomic E-state index is -0.365. The molecule has 0 aromatic carbocycles. The number of aliphatic hydroxyl groups excluding tert-OH is 1. The SMILES string of the molecule is CCCCCCCCCCCCCCCCCCC1NCC=[N+]1C(C)O. The lowest BCUT2D eigenvalue weighted by atomic mass is 10.0. The first-order valence-electron chi connectivity index (χ1n) is 11.8. The van der Waals surface area contributed by atoms with E-state index in [2.05, 4.69) is 23.0 Å². The molecule has 2 unspecified atom stereocenters. The normalized spacial score (nSPS) is 18.3. The van der Waals surface area contributed by atoms with Crippen LogP contribution in [0.5, 0.6) is 0 Å². The molecule has 1 aliphatic rings. The average Bonchev–Trinajstić information content (AvgIpc) is 3.10. The molecule has 3 heteroatoms. The van der Waals surface area contributed by atoms with Crippen LogP contribution in [-0.4, -0.2) is 34.8 Å². The summed E-state index contributed by atoms with van der Waals surface area (Å²) in [6.45, 7) is 5.04. The van der Waals surface area contributed by atoms with Crippen LogP contribution in [0.15, 0.2) is 0 Å². The molecule has 26 heavy (non-hydrogen) atoms.